The van der Waals surface area contributed by atoms with Gasteiger partial charge in [-0.15, -0.1) is 0 Å². The second-order valence-electron chi connectivity index (χ2n) is 4.26. The van der Waals surface area contributed by atoms with E-state index in [-0.39, 0.29) is 0 Å². The van der Waals surface area contributed by atoms with E-state index in [4.69, 9.17) is 5.11 Å². The lowest BCUT2D eigenvalue weighted by molar-refractivity contribution is -0.137. The highest BCUT2D eigenvalue weighted by molar-refractivity contribution is 7.80. The normalized spacial score (nSPS) is 12.7. The topological polar surface area (TPSA) is 37.3 Å². The van der Waals surface area contributed by atoms with Crippen LogP contribution in [0.25, 0.3) is 0 Å². The van der Waals surface area contributed by atoms with Crippen molar-refractivity contribution in [1.82, 2.24) is 0 Å². The number of hydrogen-bond donors (Lipinski definition) is 2. The van der Waals surface area contributed by atoms with Crippen molar-refractivity contribution in [2.45, 2.75) is 70.0 Å². The summed E-state index contributed by atoms with van der Waals surface area (Å²) in [5, 5.41) is 8.96. The molecule has 0 aromatic heterocycles. The van der Waals surface area contributed by atoms with Crippen LogP contribution in [0.5, 0.6) is 0 Å². The maximum atomic E-state index is 10.2. The van der Waals surface area contributed by atoms with Crippen LogP contribution in [0.4, 0.5) is 0 Å². The quantitative estimate of drug-likeness (QED) is 0.443. The molecule has 0 aromatic rings. The van der Waals surface area contributed by atoms with E-state index in [0.717, 1.165) is 12.8 Å². The van der Waals surface area contributed by atoms with Crippen molar-refractivity contribution in [3.05, 3.63) is 0 Å². The van der Waals surface area contributed by atoms with Crippen molar-refractivity contribution < 1.29 is 9.90 Å². The van der Waals surface area contributed by atoms with Crippen LogP contribution >= 0.6 is 12.6 Å². The summed E-state index contributed by atoms with van der Waals surface area (Å²) in [5.74, 6) is -0.669. The first-order valence-electron chi connectivity index (χ1n) is 6.03. The van der Waals surface area contributed by atoms with E-state index in [2.05, 4.69) is 19.6 Å². The molecule has 1 unspecified atom stereocenters. The highest BCUT2D eigenvalue weighted by Gasteiger charge is 1.97. The molecule has 1 atom stereocenters. The second kappa shape index (κ2) is 10.3. The third-order valence-electron chi connectivity index (χ3n) is 2.51. The average Bonchev–Trinajstić information content (AvgIpc) is 2.14. The van der Waals surface area contributed by atoms with Gasteiger partial charge in [-0.25, -0.2) is 0 Å². The maximum Gasteiger partial charge on any atom is 0.303 e. The Morgan fingerprint density at radius 2 is 1.53 bits per heavy atom. The van der Waals surface area contributed by atoms with Gasteiger partial charge in [0, 0.05) is 6.42 Å². The standard InChI is InChI=1S/C12H24O2S/c1-11(15)9-7-5-3-2-4-6-8-10-12(13)14/h11,15H,2-10H2,1H3,(H,13,14). The highest BCUT2D eigenvalue weighted by atomic mass is 32.1. The van der Waals surface area contributed by atoms with Crippen LogP contribution in [0.15, 0.2) is 0 Å². The van der Waals surface area contributed by atoms with Gasteiger partial charge in [0.05, 0.1) is 0 Å². The number of hydrogen-bond acceptors (Lipinski definition) is 2. The molecule has 90 valence electrons. The molecule has 0 aliphatic rings. The van der Waals surface area contributed by atoms with Crippen molar-refractivity contribution in [3.8, 4) is 0 Å². The minimum absolute atomic E-state index is 0.331. The Labute approximate surface area is 98.9 Å². The summed E-state index contributed by atoms with van der Waals surface area (Å²) >= 11 is 4.33. The van der Waals surface area contributed by atoms with Crippen LogP contribution in [0, 0.1) is 0 Å². The molecule has 1 N–H and O–H groups in total. The van der Waals surface area contributed by atoms with Gasteiger partial charge in [-0.3, -0.25) is 4.79 Å². The molecule has 0 fully saturated rings. The van der Waals surface area contributed by atoms with E-state index in [0.29, 0.717) is 11.7 Å². The van der Waals surface area contributed by atoms with Crippen molar-refractivity contribution in [2.24, 2.45) is 0 Å². The van der Waals surface area contributed by atoms with E-state index in [1.807, 2.05) is 0 Å². The molecule has 0 saturated heterocycles. The van der Waals surface area contributed by atoms with Crippen LogP contribution in [0.3, 0.4) is 0 Å². The van der Waals surface area contributed by atoms with Gasteiger partial charge in [0.25, 0.3) is 0 Å². The Hall–Kier alpha value is -0.180. The van der Waals surface area contributed by atoms with Gasteiger partial charge in [0.1, 0.15) is 0 Å². The van der Waals surface area contributed by atoms with E-state index >= 15 is 0 Å². The first-order valence-corrected chi connectivity index (χ1v) is 6.54. The lowest BCUT2D eigenvalue weighted by Crippen LogP contribution is -1.93. The minimum atomic E-state index is -0.669. The Morgan fingerprint density at radius 1 is 1.07 bits per heavy atom. The number of carboxylic acid groups (broad SMARTS) is 1. The number of thiol groups is 1. The molecule has 0 rings (SSSR count). The van der Waals surface area contributed by atoms with Gasteiger partial charge >= 0.3 is 5.97 Å². The summed E-state index contributed by atoms with van der Waals surface area (Å²) in [6.07, 6.45) is 9.74. The summed E-state index contributed by atoms with van der Waals surface area (Å²) in [5.41, 5.74) is 0. The third-order valence-corrected chi connectivity index (χ3v) is 2.77. The van der Waals surface area contributed by atoms with Crippen LogP contribution in [0.2, 0.25) is 0 Å². The summed E-state index contributed by atoms with van der Waals surface area (Å²) in [4.78, 5) is 10.2. The SMILES string of the molecule is CC(S)CCCCCCCCCC(=O)O. The first kappa shape index (κ1) is 14.8. The molecular formula is C12H24O2S. The van der Waals surface area contributed by atoms with Gasteiger partial charge in [0.2, 0.25) is 0 Å². The fourth-order valence-corrected chi connectivity index (χ4v) is 1.78. The van der Waals surface area contributed by atoms with Crippen molar-refractivity contribution in [2.75, 3.05) is 0 Å². The van der Waals surface area contributed by atoms with E-state index in [1.165, 1.54) is 38.5 Å². The molecule has 15 heavy (non-hydrogen) atoms. The zero-order valence-corrected chi connectivity index (χ0v) is 10.6. The minimum Gasteiger partial charge on any atom is -0.481 e. The maximum absolute atomic E-state index is 10.2. The first-order chi connectivity index (χ1) is 7.13. The number of aliphatic carboxylic acids is 1. The van der Waals surface area contributed by atoms with Crippen LogP contribution < -0.4 is 0 Å². The number of carbonyl (C=O) groups is 1. The third kappa shape index (κ3) is 13.8. The molecule has 0 aromatic carbocycles. The molecule has 0 radical (unpaired) electrons. The lowest BCUT2D eigenvalue weighted by Gasteiger charge is -2.03. The largest absolute Gasteiger partial charge is 0.481 e. The number of carboxylic acids is 1. The van der Waals surface area contributed by atoms with E-state index in [1.54, 1.807) is 0 Å². The Bertz CT molecular complexity index is 158. The molecule has 0 heterocycles. The van der Waals surface area contributed by atoms with Gasteiger partial charge in [0.15, 0.2) is 0 Å². The van der Waals surface area contributed by atoms with Gasteiger partial charge in [-0.2, -0.15) is 12.6 Å². The smallest absolute Gasteiger partial charge is 0.303 e. The fraction of sp³-hybridized carbons (Fsp3) is 0.917. The molecule has 0 aliphatic heterocycles. The molecule has 0 saturated carbocycles. The fourth-order valence-electron chi connectivity index (χ4n) is 1.60. The van der Waals surface area contributed by atoms with Gasteiger partial charge < -0.3 is 5.11 Å². The Kier molecular flexibility index (Phi) is 10.2. The zero-order valence-electron chi connectivity index (χ0n) is 9.74. The Balaban J connectivity index is 2.96. The number of rotatable bonds is 10. The highest BCUT2D eigenvalue weighted by Crippen LogP contribution is 2.12. The van der Waals surface area contributed by atoms with Gasteiger partial charge in [-0.05, 0) is 18.1 Å². The van der Waals surface area contributed by atoms with Gasteiger partial charge in [-0.1, -0.05) is 45.4 Å². The average molecular weight is 232 g/mol. The molecule has 0 aliphatic carbocycles. The zero-order chi connectivity index (χ0) is 11.5. The summed E-state index contributed by atoms with van der Waals surface area (Å²) < 4.78 is 0. The predicted octanol–water partition coefficient (Wildman–Crippen LogP) is 3.90. The molecular weight excluding hydrogens is 208 g/mol. The van der Waals surface area contributed by atoms with E-state index < -0.39 is 5.97 Å². The monoisotopic (exact) mass is 232 g/mol. The van der Waals surface area contributed by atoms with E-state index in [9.17, 15) is 4.79 Å². The van der Waals surface area contributed by atoms with Crippen LogP contribution in [-0.4, -0.2) is 16.3 Å². The lowest BCUT2D eigenvalue weighted by atomic mass is 10.1. The van der Waals surface area contributed by atoms with Crippen molar-refractivity contribution in [3.63, 3.8) is 0 Å². The van der Waals surface area contributed by atoms with Crippen molar-refractivity contribution >= 4 is 18.6 Å². The summed E-state index contributed by atoms with van der Waals surface area (Å²) in [6.45, 7) is 2.13. The number of unbranched alkanes of at least 4 members (excludes halogenated alkanes) is 6. The van der Waals surface area contributed by atoms with Crippen molar-refractivity contribution in [1.29, 1.82) is 0 Å². The molecule has 2 nitrogen and oxygen atoms in total. The molecule has 0 bridgehead atoms. The molecule has 0 amide bonds. The predicted molar refractivity (Wildman–Crippen MR) is 67.6 cm³/mol. The summed E-state index contributed by atoms with van der Waals surface area (Å²) in [6, 6.07) is 0. The van der Waals surface area contributed by atoms with Crippen LogP contribution in [-0.2, 0) is 4.79 Å². The van der Waals surface area contributed by atoms with Crippen LogP contribution in [0.1, 0.15) is 64.7 Å². The Morgan fingerprint density at radius 3 is 2.00 bits per heavy atom. The molecule has 0 spiro atoms. The second-order valence-corrected chi connectivity index (χ2v) is 5.14. The molecule has 3 heteroatoms. The summed E-state index contributed by atoms with van der Waals surface area (Å²) in [7, 11) is 0.